The van der Waals surface area contributed by atoms with Crippen molar-refractivity contribution in [3.8, 4) is 0 Å². The molecule has 2 unspecified atom stereocenters. The number of H-pyrrole nitrogens is 1. The molecule has 1 saturated carbocycles. The molecule has 2 atom stereocenters. The molecule has 3 N–H and O–H groups in total. The molecule has 5 heteroatoms. The number of rotatable bonds is 6. The van der Waals surface area contributed by atoms with Crippen molar-refractivity contribution in [1.82, 2.24) is 15.3 Å². The van der Waals surface area contributed by atoms with Gasteiger partial charge in [-0.05, 0) is 59.7 Å². The first-order valence-corrected chi connectivity index (χ1v) is 9.10. The van der Waals surface area contributed by atoms with Crippen LogP contribution in [0.1, 0.15) is 47.5 Å². The number of benzene rings is 2. The van der Waals surface area contributed by atoms with Crippen LogP contribution in [0.25, 0.3) is 10.8 Å². The second-order valence-electron chi connectivity index (χ2n) is 7.27. The van der Waals surface area contributed by atoms with E-state index >= 15 is 0 Å². The molecule has 3 aromatic rings. The Balaban J connectivity index is 1.52. The highest BCUT2D eigenvalue weighted by molar-refractivity contribution is 5.99. The first kappa shape index (κ1) is 16.8. The van der Waals surface area contributed by atoms with E-state index in [1.54, 1.807) is 12.5 Å². The van der Waals surface area contributed by atoms with E-state index in [0.717, 1.165) is 41.3 Å². The number of nitrogens with one attached hydrogen (secondary N) is 2. The lowest BCUT2D eigenvalue weighted by atomic mass is 9.92. The molecule has 26 heavy (non-hydrogen) atoms. The summed E-state index contributed by atoms with van der Waals surface area (Å²) in [4.78, 5) is 19.3. The van der Waals surface area contributed by atoms with Crippen LogP contribution in [0.4, 0.5) is 0 Å². The number of fused-ring (bicyclic) bond motifs is 1. The van der Waals surface area contributed by atoms with Crippen LogP contribution in [0.2, 0.25) is 0 Å². The largest absolute Gasteiger partial charge is 0.388 e. The average Bonchev–Trinajstić information content (AvgIpc) is 3.32. The predicted octanol–water partition coefficient (Wildman–Crippen LogP) is 3.37. The number of aromatic nitrogens is 2. The highest BCUT2D eigenvalue weighted by Gasteiger charge is 2.24. The molecule has 0 radical (unpaired) electrons. The van der Waals surface area contributed by atoms with Gasteiger partial charge in [-0.25, -0.2) is 4.98 Å². The summed E-state index contributed by atoms with van der Waals surface area (Å²) >= 11 is 0. The van der Waals surface area contributed by atoms with Crippen LogP contribution in [-0.2, 0) is 6.42 Å². The Labute approximate surface area is 152 Å². The summed E-state index contributed by atoms with van der Waals surface area (Å²) < 4.78 is 0. The van der Waals surface area contributed by atoms with E-state index in [2.05, 4.69) is 15.3 Å². The van der Waals surface area contributed by atoms with Gasteiger partial charge in [0.25, 0.3) is 5.91 Å². The summed E-state index contributed by atoms with van der Waals surface area (Å²) in [6.45, 7) is 2.03. The van der Waals surface area contributed by atoms with E-state index in [0.29, 0.717) is 11.6 Å². The molecular formula is C21H23N3O2. The summed E-state index contributed by atoms with van der Waals surface area (Å²) in [6.07, 6.45) is 5.79. The van der Waals surface area contributed by atoms with Gasteiger partial charge in [-0.1, -0.05) is 25.1 Å². The highest BCUT2D eigenvalue weighted by Crippen LogP contribution is 2.28. The van der Waals surface area contributed by atoms with Gasteiger partial charge in [0.05, 0.1) is 12.4 Å². The summed E-state index contributed by atoms with van der Waals surface area (Å²) in [5.41, 5.74) is 2.59. The monoisotopic (exact) mass is 349 g/mol. The summed E-state index contributed by atoms with van der Waals surface area (Å²) in [5.74, 6) is 0.0585. The molecule has 0 saturated heterocycles. The molecule has 0 spiro atoms. The van der Waals surface area contributed by atoms with Gasteiger partial charge in [-0.2, -0.15) is 0 Å². The molecular weight excluding hydrogens is 326 g/mol. The lowest BCUT2D eigenvalue weighted by molar-refractivity contribution is 0.0951. The molecule has 1 fully saturated rings. The number of carbonyl (C=O) groups excluding carboxylic acids is 1. The predicted molar refractivity (Wildman–Crippen MR) is 101 cm³/mol. The fourth-order valence-electron chi connectivity index (χ4n) is 3.27. The van der Waals surface area contributed by atoms with Crippen molar-refractivity contribution in [2.75, 3.05) is 0 Å². The minimum Gasteiger partial charge on any atom is -0.388 e. The van der Waals surface area contributed by atoms with E-state index in [1.165, 1.54) is 0 Å². The molecule has 1 amide bonds. The van der Waals surface area contributed by atoms with Crippen LogP contribution < -0.4 is 5.32 Å². The van der Waals surface area contributed by atoms with E-state index in [1.807, 2.05) is 43.3 Å². The van der Waals surface area contributed by atoms with Gasteiger partial charge >= 0.3 is 0 Å². The van der Waals surface area contributed by atoms with Gasteiger partial charge in [0.15, 0.2) is 0 Å². The topological polar surface area (TPSA) is 78.0 Å². The third kappa shape index (κ3) is 3.63. The standard InChI is InChI=1S/C21H23N3O2/c1-13(8-19-11-22-12-23-19)20(25)16-4-2-15-10-17(5-3-14(15)9-16)21(26)24-18-6-7-18/h2-5,9-13,18,20,25H,6-8H2,1H3,(H,22,23)(H,24,26). The first-order valence-electron chi connectivity index (χ1n) is 9.10. The van der Waals surface area contributed by atoms with E-state index in [-0.39, 0.29) is 11.8 Å². The Morgan fingerprint density at radius 1 is 1.27 bits per heavy atom. The Kier molecular flexibility index (Phi) is 4.47. The molecule has 1 heterocycles. The third-order valence-electron chi connectivity index (χ3n) is 5.02. The SMILES string of the molecule is CC(Cc1cnc[nH]1)C(O)c1ccc2cc(C(=O)NC3CC3)ccc2c1. The van der Waals surface area contributed by atoms with Crippen molar-refractivity contribution < 1.29 is 9.90 Å². The minimum atomic E-state index is -0.555. The number of aromatic amines is 1. The molecule has 4 rings (SSSR count). The number of hydrogen-bond donors (Lipinski definition) is 3. The molecule has 0 bridgehead atoms. The highest BCUT2D eigenvalue weighted by atomic mass is 16.3. The molecule has 1 aromatic heterocycles. The molecule has 2 aromatic carbocycles. The van der Waals surface area contributed by atoms with Crippen LogP contribution in [0, 0.1) is 5.92 Å². The van der Waals surface area contributed by atoms with Gasteiger partial charge in [-0.15, -0.1) is 0 Å². The normalized spacial score (nSPS) is 16.4. The van der Waals surface area contributed by atoms with Crippen LogP contribution >= 0.6 is 0 Å². The van der Waals surface area contributed by atoms with Crippen LogP contribution in [0.3, 0.4) is 0 Å². The summed E-state index contributed by atoms with van der Waals surface area (Å²) in [6, 6.07) is 12.0. The van der Waals surface area contributed by atoms with Gasteiger partial charge in [0, 0.05) is 23.5 Å². The van der Waals surface area contributed by atoms with Crippen molar-refractivity contribution in [3.05, 3.63) is 65.7 Å². The van der Waals surface area contributed by atoms with Crippen LogP contribution in [0.15, 0.2) is 48.9 Å². The summed E-state index contributed by atoms with van der Waals surface area (Å²) in [5, 5.41) is 15.7. The molecule has 1 aliphatic carbocycles. The quantitative estimate of drug-likeness (QED) is 0.638. The minimum absolute atomic E-state index is 0.00769. The number of amides is 1. The Hall–Kier alpha value is -2.66. The lowest BCUT2D eigenvalue weighted by Crippen LogP contribution is -2.25. The Morgan fingerprint density at radius 2 is 2.04 bits per heavy atom. The number of hydrogen-bond acceptors (Lipinski definition) is 3. The smallest absolute Gasteiger partial charge is 0.251 e. The Morgan fingerprint density at radius 3 is 2.77 bits per heavy atom. The summed E-state index contributed by atoms with van der Waals surface area (Å²) in [7, 11) is 0. The fourth-order valence-corrected chi connectivity index (χ4v) is 3.27. The van der Waals surface area contributed by atoms with Crippen LogP contribution in [-0.4, -0.2) is 27.0 Å². The van der Waals surface area contributed by atoms with Gasteiger partial charge in [-0.3, -0.25) is 4.79 Å². The average molecular weight is 349 g/mol. The zero-order chi connectivity index (χ0) is 18.1. The number of carbonyl (C=O) groups is 1. The van der Waals surface area contributed by atoms with Crippen molar-refractivity contribution in [3.63, 3.8) is 0 Å². The zero-order valence-corrected chi connectivity index (χ0v) is 14.8. The fraction of sp³-hybridized carbons (Fsp3) is 0.333. The number of aliphatic hydroxyl groups is 1. The van der Waals surface area contributed by atoms with Crippen molar-refractivity contribution >= 4 is 16.7 Å². The maximum Gasteiger partial charge on any atom is 0.251 e. The number of aliphatic hydroxyl groups excluding tert-OH is 1. The number of nitrogens with zero attached hydrogens (tertiary/aromatic N) is 1. The van der Waals surface area contributed by atoms with E-state index < -0.39 is 6.10 Å². The van der Waals surface area contributed by atoms with Crippen LogP contribution in [0.5, 0.6) is 0 Å². The van der Waals surface area contributed by atoms with Crippen molar-refractivity contribution in [2.45, 2.75) is 38.3 Å². The van der Waals surface area contributed by atoms with Gasteiger partial charge < -0.3 is 15.4 Å². The lowest BCUT2D eigenvalue weighted by Gasteiger charge is -2.19. The number of imidazole rings is 1. The first-order chi connectivity index (χ1) is 12.6. The Bertz CT molecular complexity index is 916. The van der Waals surface area contributed by atoms with Crippen molar-refractivity contribution in [1.29, 1.82) is 0 Å². The van der Waals surface area contributed by atoms with E-state index in [4.69, 9.17) is 0 Å². The second kappa shape index (κ2) is 6.92. The molecule has 0 aliphatic heterocycles. The maximum absolute atomic E-state index is 12.2. The van der Waals surface area contributed by atoms with Gasteiger partial charge in [0.1, 0.15) is 0 Å². The van der Waals surface area contributed by atoms with Gasteiger partial charge in [0.2, 0.25) is 0 Å². The zero-order valence-electron chi connectivity index (χ0n) is 14.8. The maximum atomic E-state index is 12.2. The van der Waals surface area contributed by atoms with E-state index in [9.17, 15) is 9.90 Å². The molecule has 1 aliphatic rings. The van der Waals surface area contributed by atoms with Crippen molar-refractivity contribution in [2.24, 2.45) is 5.92 Å². The second-order valence-corrected chi connectivity index (χ2v) is 7.27. The molecule has 5 nitrogen and oxygen atoms in total. The molecule has 134 valence electrons. The third-order valence-corrected chi connectivity index (χ3v) is 5.02.